The van der Waals surface area contributed by atoms with Gasteiger partial charge in [0.2, 0.25) is 0 Å². The molecular formula is C26H17NOS. The van der Waals surface area contributed by atoms with Gasteiger partial charge >= 0.3 is 0 Å². The van der Waals surface area contributed by atoms with E-state index in [4.69, 9.17) is 0 Å². The number of fused-ring (bicyclic) bond motifs is 5. The quantitative estimate of drug-likeness (QED) is 0.314. The number of benzene rings is 4. The topological polar surface area (TPSA) is 36.0 Å². The monoisotopic (exact) mass is 391 g/mol. The van der Waals surface area contributed by atoms with E-state index in [9.17, 15) is 5.11 Å². The number of phenols is 1. The number of thiophene rings is 1. The fraction of sp³-hybridized carbons (Fsp3) is 0. The Bertz CT molecular complexity index is 1520. The van der Waals surface area contributed by atoms with Gasteiger partial charge in [-0.1, -0.05) is 72.8 Å². The first-order chi connectivity index (χ1) is 14.3. The highest BCUT2D eigenvalue weighted by atomic mass is 32.1. The normalized spacial score (nSPS) is 11.6. The molecule has 0 saturated heterocycles. The first kappa shape index (κ1) is 16.4. The Morgan fingerprint density at radius 2 is 1.28 bits per heavy atom. The number of para-hydroxylation sites is 2. The zero-order valence-electron chi connectivity index (χ0n) is 15.5. The number of aromatic amines is 1. The molecule has 29 heavy (non-hydrogen) atoms. The van der Waals surface area contributed by atoms with E-state index in [0.29, 0.717) is 5.75 Å². The summed E-state index contributed by atoms with van der Waals surface area (Å²) in [7, 11) is 0. The van der Waals surface area contributed by atoms with Crippen LogP contribution in [0, 0.1) is 0 Å². The van der Waals surface area contributed by atoms with Crippen molar-refractivity contribution in [2.45, 2.75) is 0 Å². The number of hydrogen-bond acceptors (Lipinski definition) is 2. The van der Waals surface area contributed by atoms with Gasteiger partial charge in [-0.2, -0.15) is 0 Å². The lowest BCUT2D eigenvalue weighted by Crippen LogP contribution is -1.86. The van der Waals surface area contributed by atoms with Crippen LogP contribution in [0.25, 0.3) is 53.5 Å². The lowest BCUT2D eigenvalue weighted by Gasteiger charge is -2.12. The molecule has 2 heterocycles. The number of aromatic hydroxyl groups is 1. The molecule has 0 aliphatic carbocycles. The molecule has 6 rings (SSSR count). The average Bonchev–Trinajstić information content (AvgIpc) is 3.30. The van der Waals surface area contributed by atoms with E-state index < -0.39 is 0 Å². The molecule has 0 spiro atoms. The second kappa shape index (κ2) is 6.23. The molecule has 6 aromatic rings. The summed E-state index contributed by atoms with van der Waals surface area (Å²) in [4.78, 5) is 3.64. The third-order valence-electron chi connectivity index (χ3n) is 5.56. The molecule has 3 heteroatoms. The van der Waals surface area contributed by atoms with Gasteiger partial charge in [-0.05, 0) is 34.9 Å². The third kappa shape index (κ3) is 2.41. The highest BCUT2D eigenvalue weighted by molar-refractivity contribution is 7.26. The molecule has 0 aliphatic heterocycles. The standard InChI is InChI=1S/C26H17NOS/c28-22-14-6-4-10-18(22)16-8-1-2-9-17(16)19-12-7-15-23-24(19)25-26(29-23)20-11-3-5-13-21(20)27-25/h1-15,27-28H. The summed E-state index contributed by atoms with van der Waals surface area (Å²) in [6.45, 7) is 0. The molecule has 0 amide bonds. The van der Waals surface area contributed by atoms with Gasteiger partial charge in [-0.15, -0.1) is 11.3 Å². The highest BCUT2D eigenvalue weighted by Gasteiger charge is 2.17. The zero-order valence-corrected chi connectivity index (χ0v) is 16.3. The van der Waals surface area contributed by atoms with Crippen molar-refractivity contribution >= 4 is 42.5 Å². The molecule has 2 nitrogen and oxygen atoms in total. The fourth-order valence-electron chi connectivity index (χ4n) is 4.26. The molecule has 0 fully saturated rings. The predicted octanol–water partition coefficient (Wildman–Crippen LogP) is 7.58. The Kier molecular flexibility index (Phi) is 3.52. The molecule has 0 saturated carbocycles. The van der Waals surface area contributed by atoms with Crippen LogP contribution in [0.5, 0.6) is 5.75 Å². The van der Waals surface area contributed by atoms with Gasteiger partial charge < -0.3 is 10.1 Å². The smallest absolute Gasteiger partial charge is 0.123 e. The van der Waals surface area contributed by atoms with Crippen LogP contribution < -0.4 is 0 Å². The van der Waals surface area contributed by atoms with Gasteiger partial charge in [-0.25, -0.2) is 0 Å². The first-order valence-corrected chi connectivity index (χ1v) is 10.4. The number of H-pyrrole nitrogens is 1. The SMILES string of the molecule is Oc1ccccc1-c1ccccc1-c1cccc2sc3c4ccccc4[nH]c3c12. The van der Waals surface area contributed by atoms with Gasteiger partial charge in [-0.3, -0.25) is 0 Å². The van der Waals surface area contributed by atoms with Crippen LogP contribution in [0.15, 0.2) is 91.0 Å². The van der Waals surface area contributed by atoms with Crippen LogP contribution in [0.2, 0.25) is 0 Å². The third-order valence-corrected chi connectivity index (χ3v) is 6.75. The van der Waals surface area contributed by atoms with Crippen molar-refractivity contribution in [3.8, 4) is 28.0 Å². The van der Waals surface area contributed by atoms with Crippen LogP contribution in [-0.2, 0) is 0 Å². The van der Waals surface area contributed by atoms with Gasteiger partial charge in [0, 0.05) is 26.6 Å². The molecule has 4 aromatic carbocycles. The summed E-state index contributed by atoms with van der Waals surface area (Å²) in [5.74, 6) is 0.299. The van der Waals surface area contributed by atoms with E-state index in [1.54, 1.807) is 6.07 Å². The number of rotatable bonds is 2. The van der Waals surface area contributed by atoms with Crippen LogP contribution in [0.1, 0.15) is 0 Å². The molecule has 0 aliphatic rings. The molecule has 2 N–H and O–H groups in total. The van der Waals surface area contributed by atoms with Gasteiger partial charge in [0.15, 0.2) is 0 Å². The van der Waals surface area contributed by atoms with Gasteiger partial charge in [0.1, 0.15) is 5.75 Å². The molecule has 138 valence electrons. The second-order valence-corrected chi connectivity index (χ2v) is 8.27. The van der Waals surface area contributed by atoms with Crippen LogP contribution in [0.4, 0.5) is 0 Å². The average molecular weight is 391 g/mol. The Hall–Kier alpha value is -3.56. The van der Waals surface area contributed by atoms with E-state index in [1.165, 1.54) is 36.8 Å². The largest absolute Gasteiger partial charge is 0.507 e. The van der Waals surface area contributed by atoms with Crippen molar-refractivity contribution < 1.29 is 5.11 Å². The van der Waals surface area contributed by atoms with Crippen molar-refractivity contribution in [2.24, 2.45) is 0 Å². The summed E-state index contributed by atoms with van der Waals surface area (Å²) in [6, 6.07) is 30.8. The number of phenolic OH excluding ortho intramolecular Hbond substituents is 1. The van der Waals surface area contributed by atoms with Crippen molar-refractivity contribution in [2.75, 3.05) is 0 Å². The maximum Gasteiger partial charge on any atom is 0.123 e. The number of aromatic nitrogens is 1. The van der Waals surface area contributed by atoms with Crippen molar-refractivity contribution in [3.05, 3.63) is 91.0 Å². The van der Waals surface area contributed by atoms with Crippen molar-refractivity contribution in [1.82, 2.24) is 4.98 Å². The van der Waals surface area contributed by atoms with Gasteiger partial charge in [0.25, 0.3) is 0 Å². The zero-order chi connectivity index (χ0) is 19.4. The summed E-state index contributed by atoms with van der Waals surface area (Å²) in [5, 5.41) is 13.0. The maximum absolute atomic E-state index is 10.5. The lowest BCUT2D eigenvalue weighted by atomic mass is 9.92. The van der Waals surface area contributed by atoms with Crippen molar-refractivity contribution in [3.63, 3.8) is 0 Å². The number of nitrogens with one attached hydrogen (secondary N) is 1. The summed E-state index contributed by atoms with van der Waals surface area (Å²) in [6.07, 6.45) is 0. The summed E-state index contributed by atoms with van der Waals surface area (Å²) >= 11 is 1.83. The minimum Gasteiger partial charge on any atom is -0.507 e. The Labute approximate surface area is 171 Å². The van der Waals surface area contributed by atoms with Crippen LogP contribution in [-0.4, -0.2) is 10.1 Å². The van der Waals surface area contributed by atoms with E-state index in [1.807, 2.05) is 35.6 Å². The predicted molar refractivity (Wildman–Crippen MR) is 124 cm³/mol. The van der Waals surface area contributed by atoms with Crippen LogP contribution in [0.3, 0.4) is 0 Å². The van der Waals surface area contributed by atoms with Gasteiger partial charge in [0.05, 0.1) is 10.2 Å². The molecule has 2 aromatic heterocycles. The summed E-state index contributed by atoms with van der Waals surface area (Å²) < 4.78 is 2.56. The van der Waals surface area contributed by atoms with E-state index in [0.717, 1.165) is 16.7 Å². The molecule has 0 bridgehead atoms. The van der Waals surface area contributed by atoms with E-state index in [-0.39, 0.29) is 0 Å². The lowest BCUT2D eigenvalue weighted by molar-refractivity contribution is 0.477. The molecule has 0 atom stereocenters. The van der Waals surface area contributed by atoms with E-state index in [2.05, 4.69) is 65.6 Å². The maximum atomic E-state index is 10.5. The second-order valence-electron chi connectivity index (χ2n) is 7.22. The Morgan fingerprint density at radius 1 is 0.621 bits per heavy atom. The molecule has 0 radical (unpaired) electrons. The highest BCUT2D eigenvalue weighted by Crippen LogP contribution is 2.45. The van der Waals surface area contributed by atoms with Crippen LogP contribution >= 0.6 is 11.3 Å². The number of hydrogen-bond donors (Lipinski definition) is 2. The van der Waals surface area contributed by atoms with E-state index >= 15 is 0 Å². The Morgan fingerprint density at radius 3 is 2.10 bits per heavy atom. The summed E-state index contributed by atoms with van der Waals surface area (Å²) in [5.41, 5.74) is 6.54. The minimum atomic E-state index is 0.299. The molecular weight excluding hydrogens is 374 g/mol. The fourth-order valence-corrected chi connectivity index (χ4v) is 5.48. The minimum absolute atomic E-state index is 0.299. The molecule has 0 unspecified atom stereocenters. The Balaban J connectivity index is 1.71. The van der Waals surface area contributed by atoms with Crippen molar-refractivity contribution in [1.29, 1.82) is 0 Å². The first-order valence-electron chi connectivity index (χ1n) is 9.61.